The molecule has 0 spiro atoms. The minimum atomic E-state index is -0.0281. The first-order valence-electron chi connectivity index (χ1n) is 9.35. The predicted molar refractivity (Wildman–Crippen MR) is 105 cm³/mol. The molecule has 144 valence electrons. The summed E-state index contributed by atoms with van der Waals surface area (Å²) in [7, 11) is 0. The molecule has 8 heteroatoms. The zero-order valence-electron chi connectivity index (χ0n) is 15.6. The molecule has 0 saturated carbocycles. The van der Waals surface area contributed by atoms with E-state index in [4.69, 9.17) is 0 Å². The summed E-state index contributed by atoms with van der Waals surface area (Å²) in [5.74, 6) is 1.32. The number of benzene rings is 1. The summed E-state index contributed by atoms with van der Waals surface area (Å²) in [6.45, 7) is 4.93. The average molecular weight is 388 g/mol. The van der Waals surface area contributed by atoms with Crippen molar-refractivity contribution in [1.82, 2.24) is 25.0 Å². The van der Waals surface area contributed by atoms with Crippen molar-refractivity contribution in [3.05, 3.63) is 30.3 Å². The molecule has 2 aromatic rings. The lowest BCUT2D eigenvalue weighted by Gasteiger charge is -2.15. The van der Waals surface area contributed by atoms with Crippen molar-refractivity contribution >= 4 is 23.6 Å². The van der Waals surface area contributed by atoms with Gasteiger partial charge in [0.25, 0.3) is 0 Å². The summed E-state index contributed by atoms with van der Waals surface area (Å²) in [6.07, 6.45) is 2.39. The van der Waals surface area contributed by atoms with Crippen LogP contribution in [0.5, 0.6) is 0 Å². The van der Waals surface area contributed by atoms with Gasteiger partial charge in [-0.1, -0.05) is 42.1 Å². The number of amides is 2. The fourth-order valence-corrected chi connectivity index (χ4v) is 3.93. The molecule has 1 aliphatic heterocycles. The molecule has 0 unspecified atom stereocenters. The maximum Gasteiger partial charge on any atom is 0.230 e. The van der Waals surface area contributed by atoms with Gasteiger partial charge >= 0.3 is 0 Å². The Morgan fingerprint density at radius 3 is 2.78 bits per heavy atom. The largest absolute Gasteiger partial charge is 0.355 e. The van der Waals surface area contributed by atoms with Crippen LogP contribution in [0.4, 0.5) is 0 Å². The molecule has 0 atom stereocenters. The van der Waals surface area contributed by atoms with E-state index in [-0.39, 0.29) is 11.8 Å². The summed E-state index contributed by atoms with van der Waals surface area (Å²) < 4.78 is 2.02. The smallest absolute Gasteiger partial charge is 0.230 e. The molecule has 1 aromatic carbocycles. The summed E-state index contributed by atoms with van der Waals surface area (Å²) in [6, 6.07) is 9.92. The molecule has 1 saturated heterocycles. The van der Waals surface area contributed by atoms with E-state index in [9.17, 15) is 9.59 Å². The van der Waals surface area contributed by atoms with Crippen LogP contribution in [0.2, 0.25) is 0 Å². The lowest BCUT2D eigenvalue weighted by atomic mass is 10.2. The number of carbonyl (C=O) groups excluding carboxylic acids is 2. The quantitative estimate of drug-likeness (QED) is 0.527. The monoisotopic (exact) mass is 387 g/mol. The highest BCUT2D eigenvalue weighted by Gasteiger charge is 2.19. The van der Waals surface area contributed by atoms with Gasteiger partial charge in [-0.3, -0.25) is 9.59 Å². The van der Waals surface area contributed by atoms with Gasteiger partial charge in [-0.2, -0.15) is 0 Å². The lowest BCUT2D eigenvalue weighted by Crippen LogP contribution is -2.31. The van der Waals surface area contributed by atoms with Crippen LogP contribution in [0.1, 0.15) is 26.2 Å². The third-order valence-corrected chi connectivity index (χ3v) is 5.46. The summed E-state index contributed by atoms with van der Waals surface area (Å²) in [5, 5.41) is 12.2. The van der Waals surface area contributed by atoms with Crippen molar-refractivity contribution < 1.29 is 9.59 Å². The van der Waals surface area contributed by atoms with Crippen LogP contribution >= 0.6 is 11.8 Å². The third kappa shape index (κ3) is 5.09. The SMILES string of the molecule is CCn1c(SCC(=O)NCCCN2CCCC2=O)nnc1-c1ccccc1. The van der Waals surface area contributed by atoms with Crippen LogP contribution < -0.4 is 5.32 Å². The summed E-state index contributed by atoms with van der Waals surface area (Å²) in [4.78, 5) is 25.5. The lowest BCUT2D eigenvalue weighted by molar-refractivity contribution is -0.127. The number of hydrogen-bond acceptors (Lipinski definition) is 5. The Balaban J connectivity index is 1.45. The Labute approximate surface area is 163 Å². The van der Waals surface area contributed by atoms with Gasteiger partial charge in [0.2, 0.25) is 11.8 Å². The van der Waals surface area contributed by atoms with E-state index in [0.29, 0.717) is 18.7 Å². The van der Waals surface area contributed by atoms with Gasteiger partial charge in [-0.05, 0) is 19.8 Å². The second kappa shape index (κ2) is 9.55. The average Bonchev–Trinajstić information content (AvgIpc) is 3.30. The zero-order valence-corrected chi connectivity index (χ0v) is 16.4. The number of aromatic nitrogens is 3. The number of hydrogen-bond donors (Lipinski definition) is 1. The molecule has 3 rings (SSSR count). The molecule has 2 heterocycles. The molecule has 7 nitrogen and oxygen atoms in total. The normalized spacial score (nSPS) is 14.0. The maximum atomic E-state index is 12.1. The Kier molecular flexibility index (Phi) is 6.86. The molecular weight excluding hydrogens is 362 g/mol. The van der Waals surface area contributed by atoms with Crippen molar-refractivity contribution in [2.45, 2.75) is 37.9 Å². The van der Waals surface area contributed by atoms with Gasteiger partial charge < -0.3 is 14.8 Å². The second-order valence-electron chi connectivity index (χ2n) is 6.39. The highest BCUT2D eigenvalue weighted by atomic mass is 32.2. The number of rotatable bonds is 9. The number of carbonyl (C=O) groups is 2. The third-order valence-electron chi connectivity index (χ3n) is 4.50. The summed E-state index contributed by atoms with van der Waals surface area (Å²) >= 11 is 1.39. The molecular formula is C19H25N5O2S. The highest BCUT2D eigenvalue weighted by molar-refractivity contribution is 7.99. The first-order chi connectivity index (χ1) is 13.2. The minimum Gasteiger partial charge on any atom is -0.355 e. The first-order valence-corrected chi connectivity index (χ1v) is 10.3. The van der Waals surface area contributed by atoms with Gasteiger partial charge in [-0.15, -0.1) is 10.2 Å². The second-order valence-corrected chi connectivity index (χ2v) is 7.34. The van der Waals surface area contributed by atoms with E-state index in [1.807, 2.05) is 46.7 Å². The van der Waals surface area contributed by atoms with Crippen molar-refractivity contribution in [2.75, 3.05) is 25.4 Å². The Morgan fingerprint density at radius 1 is 1.26 bits per heavy atom. The maximum absolute atomic E-state index is 12.1. The van der Waals surface area contributed by atoms with Crippen LogP contribution in [-0.2, 0) is 16.1 Å². The minimum absolute atomic E-state index is 0.0281. The molecule has 1 aliphatic rings. The highest BCUT2D eigenvalue weighted by Crippen LogP contribution is 2.23. The molecule has 0 aliphatic carbocycles. The molecule has 2 amide bonds. The van der Waals surface area contributed by atoms with Crippen molar-refractivity contribution in [3.8, 4) is 11.4 Å². The van der Waals surface area contributed by atoms with E-state index < -0.39 is 0 Å². The van der Waals surface area contributed by atoms with Gasteiger partial charge in [0.05, 0.1) is 5.75 Å². The Morgan fingerprint density at radius 2 is 2.07 bits per heavy atom. The van der Waals surface area contributed by atoms with E-state index in [2.05, 4.69) is 15.5 Å². The fraction of sp³-hybridized carbons (Fsp3) is 0.474. The van der Waals surface area contributed by atoms with Crippen LogP contribution in [0.25, 0.3) is 11.4 Å². The van der Waals surface area contributed by atoms with Crippen LogP contribution in [0.3, 0.4) is 0 Å². The number of thioether (sulfide) groups is 1. The van der Waals surface area contributed by atoms with Crippen molar-refractivity contribution in [2.24, 2.45) is 0 Å². The topological polar surface area (TPSA) is 80.1 Å². The standard InChI is InChI=1S/C19H25N5O2S/c1-2-24-18(15-8-4-3-5-9-15)21-22-19(24)27-14-16(25)20-11-7-13-23-12-6-10-17(23)26/h3-5,8-9H,2,6-7,10-14H2,1H3,(H,20,25). The summed E-state index contributed by atoms with van der Waals surface area (Å²) in [5.41, 5.74) is 1.01. The van der Waals surface area contributed by atoms with Crippen LogP contribution in [0.15, 0.2) is 35.5 Å². The molecule has 1 N–H and O–H groups in total. The van der Waals surface area contributed by atoms with Gasteiger partial charge in [0.15, 0.2) is 11.0 Å². The van der Waals surface area contributed by atoms with Crippen molar-refractivity contribution in [3.63, 3.8) is 0 Å². The van der Waals surface area contributed by atoms with Gasteiger partial charge in [-0.25, -0.2) is 0 Å². The first kappa shape index (κ1) is 19.4. The number of likely N-dealkylation sites (tertiary alicyclic amines) is 1. The van der Waals surface area contributed by atoms with Crippen LogP contribution in [0, 0.1) is 0 Å². The van der Waals surface area contributed by atoms with Gasteiger partial charge in [0.1, 0.15) is 0 Å². The zero-order chi connectivity index (χ0) is 19.1. The molecule has 0 radical (unpaired) electrons. The fourth-order valence-electron chi connectivity index (χ4n) is 3.10. The van der Waals surface area contributed by atoms with E-state index in [1.54, 1.807) is 0 Å². The van der Waals surface area contributed by atoms with Crippen LogP contribution in [-0.4, -0.2) is 56.9 Å². The van der Waals surface area contributed by atoms with E-state index >= 15 is 0 Å². The Hall–Kier alpha value is -2.35. The molecule has 0 bridgehead atoms. The number of nitrogens with one attached hydrogen (secondary N) is 1. The molecule has 27 heavy (non-hydrogen) atoms. The molecule has 1 fully saturated rings. The van der Waals surface area contributed by atoms with Crippen molar-refractivity contribution in [1.29, 1.82) is 0 Å². The Bertz CT molecular complexity index is 778. The van der Waals surface area contributed by atoms with E-state index in [0.717, 1.165) is 49.0 Å². The molecule has 1 aromatic heterocycles. The van der Waals surface area contributed by atoms with Gasteiger partial charge in [0, 0.05) is 38.2 Å². The van der Waals surface area contributed by atoms with E-state index in [1.165, 1.54) is 11.8 Å². The predicted octanol–water partition coefficient (Wildman–Crippen LogP) is 2.19. The number of nitrogens with zero attached hydrogens (tertiary/aromatic N) is 4.